The first kappa shape index (κ1) is 12.3. The first-order chi connectivity index (χ1) is 6.80. The highest BCUT2D eigenvalue weighted by Crippen LogP contribution is 2.26. The molecule has 88 valence electrons. The van der Waals surface area contributed by atoms with Gasteiger partial charge in [-0.15, -0.1) is 0 Å². The molecule has 1 heterocycles. The first-order valence-electron chi connectivity index (χ1n) is 5.53. The summed E-state index contributed by atoms with van der Waals surface area (Å²) < 4.78 is 5.06. The third-order valence-electron chi connectivity index (χ3n) is 2.98. The average molecular weight is 214 g/mol. The molecular weight excluding hydrogens is 192 g/mol. The van der Waals surface area contributed by atoms with Crippen LogP contribution < -0.4 is 5.73 Å². The quantitative estimate of drug-likeness (QED) is 0.723. The number of hydrogen-bond acceptors (Lipinski definition) is 3. The van der Waals surface area contributed by atoms with Crippen molar-refractivity contribution in [1.29, 1.82) is 0 Å². The molecule has 2 N–H and O–H groups in total. The lowest BCUT2D eigenvalue weighted by molar-refractivity contribution is -0.0166. The zero-order valence-electron chi connectivity index (χ0n) is 10.1. The van der Waals surface area contributed by atoms with Crippen molar-refractivity contribution in [3.05, 3.63) is 0 Å². The monoisotopic (exact) mass is 214 g/mol. The van der Waals surface area contributed by atoms with E-state index in [4.69, 9.17) is 10.5 Å². The smallest absolute Gasteiger partial charge is 0.404 e. The molecule has 0 aliphatic carbocycles. The molecule has 1 aliphatic heterocycles. The van der Waals surface area contributed by atoms with E-state index < -0.39 is 6.09 Å². The van der Waals surface area contributed by atoms with Gasteiger partial charge in [0.1, 0.15) is 6.10 Å². The van der Waals surface area contributed by atoms with E-state index in [1.807, 2.05) is 0 Å². The van der Waals surface area contributed by atoms with Crippen LogP contribution >= 0.6 is 0 Å². The SMILES string of the molecule is CC1CCC(OC(N)=O)CN1C(C)(C)C. The summed E-state index contributed by atoms with van der Waals surface area (Å²) in [5, 5.41) is 0. The van der Waals surface area contributed by atoms with Gasteiger partial charge in [0.2, 0.25) is 0 Å². The van der Waals surface area contributed by atoms with E-state index in [2.05, 4.69) is 32.6 Å². The molecule has 2 unspecified atom stereocenters. The van der Waals surface area contributed by atoms with Gasteiger partial charge in [0.05, 0.1) is 0 Å². The van der Waals surface area contributed by atoms with Gasteiger partial charge in [-0.2, -0.15) is 0 Å². The Balaban J connectivity index is 2.60. The minimum absolute atomic E-state index is 0.0436. The van der Waals surface area contributed by atoms with Crippen molar-refractivity contribution in [3.63, 3.8) is 0 Å². The van der Waals surface area contributed by atoms with Gasteiger partial charge in [0.15, 0.2) is 0 Å². The lowest BCUT2D eigenvalue weighted by atomic mass is 9.94. The number of piperidine rings is 1. The van der Waals surface area contributed by atoms with E-state index in [0.717, 1.165) is 19.4 Å². The Bertz CT molecular complexity index is 235. The number of nitrogens with two attached hydrogens (primary N) is 1. The van der Waals surface area contributed by atoms with Crippen LogP contribution in [0.2, 0.25) is 0 Å². The molecule has 1 rings (SSSR count). The molecule has 0 spiro atoms. The lowest BCUT2D eigenvalue weighted by Crippen LogP contribution is -2.54. The topological polar surface area (TPSA) is 55.6 Å². The van der Waals surface area contributed by atoms with Crippen LogP contribution in [0.1, 0.15) is 40.5 Å². The maximum Gasteiger partial charge on any atom is 0.404 e. The molecule has 0 aromatic carbocycles. The Kier molecular flexibility index (Phi) is 3.60. The summed E-state index contributed by atoms with van der Waals surface area (Å²) in [6, 6.07) is 0.540. The fourth-order valence-corrected chi connectivity index (χ4v) is 2.27. The van der Waals surface area contributed by atoms with Crippen LogP contribution in [0.25, 0.3) is 0 Å². The van der Waals surface area contributed by atoms with Crippen molar-refractivity contribution in [1.82, 2.24) is 4.90 Å². The molecule has 0 bridgehead atoms. The Morgan fingerprint density at radius 3 is 2.47 bits per heavy atom. The van der Waals surface area contributed by atoms with Crippen LogP contribution in [-0.4, -0.2) is 35.2 Å². The van der Waals surface area contributed by atoms with Gasteiger partial charge in [-0.25, -0.2) is 4.79 Å². The Hall–Kier alpha value is -0.770. The maximum atomic E-state index is 10.7. The van der Waals surface area contributed by atoms with Crippen molar-refractivity contribution in [2.75, 3.05) is 6.54 Å². The van der Waals surface area contributed by atoms with Gasteiger partial charge in [-0.05, 0) is 40.5 Å². The largest absolute Gasteiger partial charge is 0.445 e. The minimum atomic E-state index is -0.664. The number of likely N-dealkylation sites (tertiary alicyclic amines) is 1. The highest BCUT2D eigenvalue weighted by atomic mass is 16.6. The second-order valence-corrected chi connectivity index (χ2v) is 5.31. The zero-order chi connectivity index (χ0) is 11.6. The van der Waals surface area contributed by atoms with Crippen molar-refractivity contribution in [2.45, 2.75) is 58.2 Å². The number of hydrogen-bond donors (Lipinski definition) is 1. The summed E-state index contributed by atoms with van der Waals surface area (Å²) in [6.45, 7) is 9.53. The second kappa shape index (κ2) is 4.39. The Labute approximate surface area is 91.8 Å². The molecular formula is C11H22N2O2. The minimum Gasteiger partial charge on any atom is -0.445 e. The first-order valence-corrected chi connectivity index (χ1v) is 5.53. The third-order valence-corrected chi connectivity index (χ3v) is 2.98. The number of ether oxygens (including phenoxy) is 1. The van der Waals surface area contributed by atoms with Gasteiger partial charge < -0.3 is 10.5 Å². The van der Waals surface area contributed by atoms with Gasteiger partial charge in [-0.3, -0.25) is 4.90 Å². The molecule has 0 aromatic rings. The summed E-state index contributed by atoms with van der Waals surface area (Å²) >= 11 is 0. The van der Waals surface area contributed by atoms with Crippen LogP contribution in [0.3, 0.4) is 0 Å². The molecule has 0 radical (unpaired) electrons. The molecule has 2 atom stereocenters. The van der Waals surface area contributed by atoms with Crippen molar-refractivity contribution in [2.24, 2.45) is 5.73 Å². The van der Waals surface area contributed by atoms with Crippen LogP contribution in [0.4, 0.5) is 4.79 Å². The molecule has 4 nitrogen and oxygen atoms in total. The molecule has 1 fully saturated rings. The summed E-state index contributed by atoms with van der Waals surface area (Å²) in [6.07, 6.45) is 1.26. The molecule has 0 aromatic heterocycles. The molecule has 1 amide bonds. The number of carbonyl (C=O) groups is 1. The predicted molar refractivity (Wildman–Crippen MR) is 59.6 cm³/mol. The van der Waals surface area contributed by atoms with E-state index in [9.17, 15) is 4.79 Å². The van der Waals surface area contributed by atoms with Gasteiger partial charge in [0.25, 0.3) is 0 Å². The summed E-state index contributed by atoms with van der Waals surface area (Å²) in [4.78, 5) is 13.1. The summed E-state index contributed by atoms with van der Waals surface area (Å²) in [5.74, 6) is 0. The van der Waals surface area contributed by atoms with Crippen molar-refractivity contribution < 1.29 is 9.53 Å². The average Bonchev–Trinajstić information content (AvgIpc) is 2.05. The Morgan fingerprint density at radius 2 is 2.00 bits per heavy atom. The lowest BCUT2D eigenvalue weighted by Gasteiger charge is -2.45. The second-order valence-electron chi connectivity index (χ2n) is 5.31. The summed E-state index contributed by atoms with van der Waals surface area (Å²) in [7, 11) is 0. The fraction of sp³-hybridized carbons (Fsp3) is 0.909. The molecule has 4 heteroatoms. The normalized spacial score (nSPS) is 28.8. The van der Waals surface area contributed by atoms with E-state index in [1.54, 1.807) is 0 Å². The summed E-state index contributed by atoms with van der Waals surface area (Å²) in [5.41, 5.74) is 5.14. The predicted octanol–water partition coefficient (Wildman–Crippen LogP) is 1.73. The molecule has 1 aliphatic rings. The highest BCUT2D eigenvalue weighted by Gasteiger charge is 2.33. The van der Waals surface area contributed by atoms with Crippen LogP contribution in [-0.2, 0) is 4.74 Å². The van der Waals surface area contributed by atoms with E-state index in [1.165, 1.54) is 0 Å². The fourth-order valence-electron chi connectivity index (χ4n) is 2.27. The van der Waals surface area contributed by atoms with Crippen LogP contribution in [0.15, 0.2) is 0 Å². The van der Waals surface area contributed by atoms with Crippen molar-refractivity contribution >= 4 is 6.09 Å². The third kappa shape index (κ3) is 3.38. The standard InChI is InChI=1S/C11H22N2O2/c1-8-5-6-9(15-10(12)14)7-13(8)11(2,3)4/h8-9H,5-7H2,1-4H3,(H2,12,14). The van der Waals surface area contributed by atoms with Crippen LogP contribution in [0.5, 0.6) is 0 Å². The number of primary amides is 1. The highest BCUT2D eigenvalue weighted by molar-refractivity contribution is 5.64. The maximum absolute atomic E-state index is 10.7. The van der Waals surface area contributed by atoms with Crippen molar-refractivity contribution in [3.8, 4) is 0 Å². The number of carbonyl (C=O) groups excluding carboxylic acids is 1. The number of rotatable bonds is 1. The zero-order valence-corrected chi connectivity index (χ0v) is 10.1. The van der Waals surface area contributed by atoms with E-state index in [0.29, 0.717) is 6.04 Å². The Morgan fingerprint density at radius 1 is 1.40 bits per heavy atom. The van der Waals surface area contributed by atoms with Gasteiger partial charge in [-0.1, -0.05) is 0 Å². The molecule has 15 heavy (non-hydrogen) atoms. The van der Waals surface area contributed by atoms with Gasteiger partial charge in [0, 0.05) is 18.1 Å². The van der Waals surface area contributed by atoms with E-state index >= 15 is 0 Å². The number of amides is 1. The van der Waals surface area contributed by atoms with Gasteiger partial charge >= 0.3 is 6.09 Å². The number of nitrogens with zero attached hydrogens (tertiary/aromatic N) is 1. The van der Waals surface area contributed by atoms with Crippen LogP contribution in [0, 0.1) is 0 Å². The molecule has 0 saturated carbocycles. The van der Waals surface area contributed by atoms with E-state index in [-0.39, 0.29) is 11.6 Å². The molecule has 1 saturated heterocycles.